The zero-order valence-electron chi connectivity index (χ0n) is 9.78. The maximum absolute atomic E-state index is 4.24. The van der Waals surface area contributed by atoms with Gasteiger partial charge in [0.15, 0.2) is 0 Å². The summed E-state index contributed by atoms with van der Waals surface area (Å²) in [6.07, 6.45) is 12.5. The molecule has 2 unspecified atom stereocenters. The van der Waals surface area contributed by atoms with Crippen molar-refractivity contribution in [2.75, 3.05) is 0 Å². The van der Waals surface area contributed by atoms with Gasteiger partial charge in [-0.15, -0.1) is 0 Å². The van der Waals surface area contributed by atoms with Gasteiger partial charge in [-0.1, -0.05) is 32.1 Å². The normalized spacial score (nSPS) is 30.5. The van der Waals surface area contributed by atoms with E-state index in [1.807, 2.05) is 12.4 Å². The van der Waals surface area contributed by atoms with E-state index >= 15 is 0 Å². The summed E-state index contributed by atoms with van der Waals surface area (Å²) >= 11 is 0. The number of aromatic nitrogens is 2. The van der Waals surface area contributed by atoms with E-state index in [-0.39, 0.29) is 0 Å². The fraction of sp³-hybridized carbons (Fsp3) is 0.769. The Labute approximate surface area is 97.0 Å². The van der Waals surface area contributed by atoms with Gasteiger partial charge in [-0.2, -0.15) is 0 Å². The van der Waals surface area contributed by atoms with Crippen LogP contribution in [0.4, 0.5) is 0 Å². The van der Waals surface area contributed by atoms with Gasteiger partial charge in [-0.25, -0.2) is 4.98 Å². The molecule has 0 aliphatic heterocycles. The van der Waals surface area contributed by atoms with Gasteiger partial charge in [0, 0.05) is 18.4 Å². The lowest BCUT2D eigenvalue weighted by Crippen LogP contribution is -2.21. The lowest BCUT2D eigenvalue weighted by molar-refractivity contribution is 0.312. The first-order chi connectivity index (χ1) is 7.93. The SMILES string of the molecule is c1c[nH]c(CNC2CC2C2CCCCC2)n1. The van der Waals surface area contributed by atoms with E-state index in [9.17, 15) is 0 Å². The molecule has 2 fully saturated rings. The minimum Gasteiger partial charge on any atom is -0.348 e. The third-order valence-corrected chi connectivity index (χ3v) is 4.18. The predicted octanol–water partition coefficient (Wildman–Crippen LogP) is 2.47. The van der Waals surface area contributed by atoms with Gasteiger partial charge >= 0.3 is 0 Å². The van der Waals surface area contributed by atoms with Gasteiger partial charge < -0.3 is 10.3 Å². The molecule has 0 radical (unpaired) electrons. The molecule has 0 aromatic carbocycles. The largest absolute Gasteiger partial charge is 0.348 e. The topological polar surface area (TPSA) is 40.7 Å². The van der Waals surface area contributed by atoms with Crippen molar-refractivity contribution in [3.63, 3.8) is 0 Å². The monoisotopic (exact) mass is 219 g/mol. The Balaban J connectivity index is 1.42. The van der Waals surface area contributed by atoms with E-state index in [1.54, 1.807) is 0 Å². The Morgan fingerprint density at radius 2 is 2.19 bits per heavy atom. The predicted molar refractivity (Wildman–Crippen MR) is 63.9 cm³/mol. The summed E-state index contributed by atoms with van der Waals surface area (Å²) < 4.78 is 0. The zero-order valence-corrected chi connectivity index (χ0v) is 9.78. The van der Waals surface area contributed by atoms with Crippen LogP contribution in [0.15, 0.2) is 12.4 Å². The van der Waals surface area contributed by atoms with Crippen molar-refractivity contribution >= 4 is 0 Å². The summed E-state index contributed by atoms with van der Waals surface area (Å²) in [6, 6.07) is 0.771. The highest BCUT2D eigenvalue weighted by Crippen LogP contribution is 2.44. The summed E-state index contributed by atoms with van der Waals surface area (Å²) in [6.45, 7) is 0.904. The quantitative estimate of drug-likeness (QED) is 0.816. The summed E-state index contributed by atoms with van der Waals surface area (Å²) in [7, 11) is 0. The molecule has 2 saturated carbocycles. The van der Waals surface area contributed by atoms with Crippen molar-refractivity contribution in [3.05, 3.63) is 18.2 Å². The van der Waals surface area contributed by atoms with Crippen LogP contribution in [0.3, 0.4) is 0 Å². The van der Waals surface area contributed by atoms with Crippen LogP contribution in [0.25, 0.3) is 0 Å². The van der Waals surface area contributed by atoms with E-state index in [0.717, 1.165) is 30.2 Å². The maximum atomic E-state index is 4.24. The molecule has 1 aromatic rings. The van der Waals surface area contributed by atoms with Crippen molar-refractivity contribution in [2.45, 2.75) is 51.1 Å². The molecule has 16 heavy (non-hydrogen) atoms. The Hall–Kier alpha value is -0.830. The fourth-order valence-corrected chi connectivity index (χ4v) is 3.16. The first-order valence-corrected chi connectivity index (χ1v) is 6.65. The maximum Gasteiger partial charge on any atom is 0.120 e. The zero-order chi connectivity index (χ0) is 10.8. The smallest absolute Gasteiger partial charge is 0.120 e. The molecule has 0 spiro atoms. The van der Waals surface area contributed by atoms with Crippen molar-refractivity contribution < 1.29 is 0 Å². The molecule has 2 N–H and O–H groups in total. The lowest BCUT2D eigenvalue weighted by Gasteiger charge is -2.21. The molecular weight excluding hydrogens is 198 g/mol. The van der Waals surface area contributed by atoms with Crippen LogP contribution in [-0.2, 0) is 6.54 Å². The second kappa shape index (κ2) is 4.58. The van der Waals surface area contributed by atoms with Gasteiger partial charge in [0.05, 0.1) is 6.54 Å². The van der Waals surface area contributed by atoms with Crippen LogP contribution < -0.4 is 5.32 Å². The Bertz CT molecular complexity index is 314. The van der Waals surface area contributed by atoms with Crippen LogP contribution in [0.1, 0.15) is 44.3 Å². The second-order valence-corrected chi connectivity index (χ2v) is 5.32. The van der Waals surface area contributed by atoms with Crippen molar-refractivity contribution in [1.82, 2.24) is 15.3 Å². The Morgan fingerprint density at radius 3 is 2.94 bits per heavy atom. The Kier molecular flexibility index (Phi) is 2.96. The number of rotatable bonds is 4. The molecule has 0 saturated heterocycles. The average molecular weight is 219 g/mol. The standard InChI is InChI=1S/C13H21N3/c1-2-4-10(5-3-1)11-8-12(11)16-9-13-14-6-7-15-13/h6-7,10-12,16H,1-5,8-9H2,(H,14,15). The van der Waals surface area contributed by atoms with Crippen molar-refractivity contribution in [3.8, 4) is 0 Å². The van der Waals surface area contributed by atoms with Gasteiger partial charge in [-0.3, -0.25) is 0 Å². The number of nitrogens with one attached hydrogen (secondary N) is 2. The average Bonchev–Trinajstić information content (AvgIpc) is 2.93. The summed E-state index contributed by atoms with van der Waals surface area (Å²) in [5, 5.41) is 3.61. The number of hydrogen-bond acceptors (Lipinski definition) is 2. The molecule has 3 nitrogen and oxygen atoms in total. The number of imidazole rings is 1. The molecule has 3 rings (SSSR count). The molecule has 2 atom stereocenters. The highest BCUT2D eigenvalue weighted by atomic mass is 15.0. The molecule has 1 heterocycles. The van der Waals surface area contributed by atoms with Gasteiger partial charge in [0.2, 0.25) is 0 Å². The first kappa shape index (κ1) is 10.3. The molecule has 2 aliphatic rings. The summed E-state index contributed by atoms with van der Waals surface area (Å²) in [5.41, 5.74) is 0. The van der Waals surface area contributed by atoms with Gasteiger partial charge in [-0.05, 0) is 18.3 Å². The molecule has 1 aromatic heterocycles. The van der Waals surface area contributed by atoms with E-state index in [0.29, 0.717) is 0 Å². The van der Waals surface area contributed by atoms with Crippen LogP contribution >= 0.6 is 0 Å². The van der Waals surface area contributed by atoms with Gasteiger partial charge in [0.1, 0.15) is 5.82 Å². The first-order valence-electron chi connectivity index (χ1n) is 6.65. The van der Waals surface area contributed by atoms with Crippen LogP contribution in [0.2, 0.25) is 0 Å². The summed E-state index contributed by atoms with van der Waals surface area (Å²) in [4.78, 5) is 7.38. The minimum absolute atomic E-state index is 0.771. The number of H-pyrrole nitrogens is 1. The molecular formula is C13H21N3. The van der Waals surface area contributed by atoms with E-state index in [1.165, 1.54) is 38.5 Å². The van der Waals surface area contributed by atoms with Crippen LogP contribution in [0.5, 0.6) is 0 Å². The molecule has 88 valence electrons. The molecule has 0 bridgehead atoms. The Morgan fingerprint density at radius 1 is 1.31 bits per heavy atom. The summed E-state index contributed by atoms with van der Waals surface area (Å²) in [5.74, 6) is 3.05. The minimum atomic E-state index is 0.771. The second-order valence-electron chi connectivity index (χ2n) is 5.32. The third-order valence-electron chi connectivity index (χ3n) is 4.18. The lowest BCUT2D eigenvalue weighted by atomic mass is 9.85. The highest BCUT2D eigenvalue weighted by molar-refractivity contribution is 4.99. The van der Waals surface area contributed by atoms with Crippen molar-refractivity contribution in [1.29, 1.82) is 0 Å². The van der Waals surface area contributed by atoms with E-state index < -0.39 is 0 Å². The van der Waals surface area contributed by atoms with Crippen LogP contribution in [-0.4, -0.2) is 16.0 Å². The van der Waals surface area contributed by atoms with E-state index in [4.69, 9.17) is 0 Å². The van der Waals surface area contributed by atoms with Gasteiger partial charge in [0.25, 0.3) is 0 Å². The highest BCUT2D eigenvalue weighted by Gasteiger charge is 2.42. The number of aromatic amines is 1. The fourth-order valence-electron chi connectivity index (χ4n) is 3.16. The number of nitrogens with zero attached hydrogens (tertiary/aromatic N) is 1. The number of hydrogen-bond donors (Lipinski definition) is 2. The van der Waals surface area contributed by atoms with Crippen LogP contribution in [0, 0.1) is 11.8 Å². The van der Waals surface area contributed by atoms with Crippen molar-refractivity contribution in [2.24, 2.45) is 11.8 Å². The molecule has 2 aliphatic carbocycles. The van der Waals surface area contributed by atoms with E-state index in [2.05, 4.69) is 15.3 Å². The molecule has 0 amide bonds. The third kappa shape index (κ3) is 2.29. The molecule has 3 heteroatoms.